The third-order valence-corrected chi connectivity index (χ3v) is 4.32. The molecule has 0 bridgehead atoms. The summed E-state index contributed by atoms with van der Waals surface area (Å²) in [6.45, 7) is 7.67. The fourth-order valence-corrected chi connectivity index (χ4v) is 2.76. The van der Waals surface area contributed by atoms with Gasteiger partial charge in [0.15, 0.2) is 5.11 Å². The van der Waals surface area contributed by atoms with Crippen molar-refractivity contribution in [1.29, 1.82) is 0 Å². The van der Waals surface area contributed by atoms with Crippen LogP contribution in [-0.2, 0) is 6.54 Å². The number of benzene rings is 2. The number of rotatable bonds is 8. The van der Waals surface area contributed by atoms with Crippen LogP contribution in [0.2, 0.25) is 0 Å². The Bertz CT molecular complexity index is 673. The van der Waals surface area contributed by atoms with Gasteiger partial charge in [0.25, 0.3) is 0 Å². The molecule has 25 heavy (non-hydrogen) atoms. The minimum Gasteiger partial charge on any atom is -0.497 e. The van der Waals surface area contributed by atoms with E-state index in [1.165, 1.54) is 16.8 Å². The Kier molecular flexibility index (Phi) is 7.54. The molecule has 0 heterocycles. The molecule has 2 aromatic carbocycles. The van der Waals surface area contributed by atoms with E-state index in [9.17, 15) is 0 Å². The van der Waals surface area contributed by atoms with Crippen LogP contribution in [-0.4, -0.2) is 31.9 Å². The average Bonchev–Trinajstić information content (AvgIpc) is 2.64. The van der Waals surface area contributed by atoms with Crippen molar-refractivity contribution in [3.05, 3.63) is 59.7 Å². The Balaban J connectivity index is 1.73. The highest BCUT2D eigenvalue weighted by Crippen LogP contribution is 2.15. The summed E-state index contributed by atoms with van der Waals surface area (Å²) >= 11 is 5.36. The predicted molar refractivity (Wildman–Crippen MR) is 110 cm³/mol. The number of thiocarbonyl (C=S) groups is 1. The molecule has 0 radical (unpaired) electrons. The molecule has 2 aromatic rings. The Morgan fingerprint density at radius 3 is 2.52 bits per heavy atom. The molecule has 134 valence electrons. The van der Waals surface area contributed by atoms with Crippen molar-refractivity contribution in [2.24, 2.45) is 0 Å². The van der Waals surface area contributed by atoms with Gasteiger partial charge in [-0.25, -0.2) is 0 Å². The minimum atomic E-state index is 0.677. The molecule has 5 heteroatoms. The lowest BCUT2D eigenvalue weighted by molar-refractivity contribution is 0.414. The van der Waals surface area contributed by atoms with E-state index in [0.717, 1.165) is 25.4 Å². The van der Waals surface area contributed by atoms with Crippen LogP contribution in [0.1, 0.15) is 18.1 Å². The molecule has 2 N–H and O–H groups in total. The van der Waals surface area contributed by atoms with E-state index in [0.29, 0.717) is 11.7 Å². The summed E-state index contributed by atoms with van der Waals surface area (Å²) in [6, 6.07) is 16.6. The van der Waals surface area contributed by atoms with Gasteiger partial charge in [-0.15, -0.1) is 0 Å². The molecular formula is C20H27N3OS. The molecule has 0 saturated carbocycles. The van der Waals surface area contributed by atoms with Crippen molar-refractivity contribution in [2.75, 3.05) is 31.6 Å². The number of hydrogen-bond donors (Lipinski definition) is 2. The summed E-state index contributed by atoms with van der Waals surface area (Å²) in [6.07, 6.45) is 0. The summed E-state index contributed by atoms with van der Waals surface area (Å²) < 4.78 is 5.16. The highest BCUT2D eigenvalue weighted by molar-refractivity contribution is 7.80. The number of likely N-dealkylation sites (N-methyl/N-ethyl adjacent to an activating group) is 1. The van der Waals surface area contributed by atoms with E-state index in [1.54, 1.807) is 7.11 Å². The lowest BCUT2D eigenvalue weighted by atomic mass is 10.2. The average molecular weight is 358 g/mol. The summed E-state index contributed by atoms with van der Waals surface area (Å²) in [5.41, 5.74) is 3.70. The molecule has 0 saturated heterocycles. The number of methoxy groups -OCH3 is 1. The van der Waals surface area contributed by atoms with Gasteiger partial charge in [-0.1, -0.05) is 24.3 Å². The summed E-state index contributed by atoms with van der Waals surface area (Å²) in [5, 5.41) is 7.19. The monoisotopic (exact) mass is 357 g/mol. The van der Waals surface area contributed by atoms with Crippen molar-refractivity contribution < 1.29 is 4.74 Å². The van der Waals surface area contributed by atoms with Gasteiger partial charge in [-0.05, 0) is 61.5 Å². The zero-order valence-electron chi connectivity index (χ0n) is 15.2. The summed E-state index contributed by atoms with van der Waals surface area (Å²) in [5.74, 6) is 0.861. The topological polar surface area (TPSA) is 36.5 Å². The summed E-state index contributed by atoms with van der Waals surface area (Å²) in [7, 11) is 1.67. The van der Waals surface area contributed by atoms with Crippen molar-refractivity contribution >= 4 is 23.0 Å². The molecule has 0 atom stereocenters. The lowest BCUT2D eigenvalue weighted by Gasteiger charge is -2.24. The standard InChI is InChI=1S/C20H27N3OS/c1-4-23(18-7-5-6-16(2)14-18)13-12-21-20(25)22-15-17-8-10-19(24-3)11-9-17/h5-11,14H,4,12-13,15H2,1-3H3,(H2,21,22,25). The number of ether oxygens (including phenoxy) is 1. The Hall–Kier alpha value is -2.27. The van der Waals surface area contributed by atoms with E-state index < -0.39 is 0 Å². The molecule has 0 fully saturated rings. The SMILES string of the molecule is CCN(CCNC(=S)NCc1ccc(OC)cc1)c1cccc(C)c1. The highest BCUT2D eigenvalue weighted by atomic mass is 32.1. The second-order valence-electron chi connectivity index (χ2n) is 5.88. The number of aryl methyl sites for hydroxylation is 1. The van der Waals surface area contributed by atoms with Crippen molar-refractivity contribution in [3.63, 3.8) is 0 Å². The Morgan fingerprint density at radius 2 is 1.88 bits per heavy atom. The van der Waals surface area contributed by atoms with Gasteiger partial charge in [0.2, 0.25) is 0 Å². The maximum atomic E-state index is 5.36. The first-order valence-electron chi connectivity index (χ1n) is 8.58. The van der Waals surface area contributed by atoms with Crippen LogP contribution in [0.25, 0.3) is 0 Å². The van der Waals surface area contributed by atoms with Gasteiger partial charge in [0, 0.05) is 31.9 Å². The van der Waals surface area contributed by atoms with E-state index >= 15 is 0 Å². The second kappa shape index (κ2) is 9.89. The first-order chi connectivity index (χ1) is 12.1. The van der Waals surface area contributed by atoms with Crippen molar-refractivity contribution in [1.82, 2.24) is 10.6 Å². The Morgan fingerprint density at radius 1 is 1.12 bits per heavy atom. The highest BCUT2D eigenvalue weighted by Gasteiger charge is 2.04. The van der Waals surface area contributed by atoms with Crippen LogP contribution < -0.4 is 20.3 Å². The second-order valence-corrected chi connectivity index (χ2v) is 6.28. The normalized spacial score (nSPS) is 10.2. The van der Waals surface area contributed by atoms with E-state index in [2.05, 4.69) is 53.6 Å². The molecule has 0 aliphatic carbocycles. The zero-order valence-corrected chi connectivity index (χ0v) is 16.0. The summed E-state index contributed by atoms with van der Waals surface area (Å²) in [4.78, 5) is 2.34. The molecular weight excluding hydrogens is 330 g/mol. The molecule has 0 amide bonds. The smallest absolute Gasteiger partial charge is 0.166 e. The minimum absolute atomic E-state index is 0.677. The number of hydrogen-bond acceptors (Lipinski definition) is 3. The first-order valence-corrected chi connectivity index (χ1v) is 8.99. The van der Waals surface area contributed by atoms with E-state index in [1.807, 2.05) is 24.3 Å². The van der Waals surface area contributed by atoms with Crippen LogP contribution in [0.3, 0.4) is 0 Å². The molecule has 0 aliphatic rings. The predicted octanol–water partition coefficient (Wildman–Crippen LogP) is 3.49. The molecule has 0 unspecified atom stereocenters. The van der Waals surface area contributed by atoms with Gasteiger partial charge in [-0.2, -0.15) is 0 Å². The zero-order chi connectivity index (χ0) is 18.1. The van der Waals surface area contributed by atoms with Crippen LogP contribution in [0.4, 0.5) is 5.69 Å². The van der Waals surface area contributed by atoms with E-state index in [4.69, 9.17) is 17.0 Å². The first kappa shape index (κ1) is 19.1. The van der Waals surface area contributed by atoms with Gasteiger partial charge >= 0.3 is 0 Å². The largest absolute Gasteiger partial charge is 0.497 e. The number of nitrogens with one attached hydrogen (secondary N) is 2. The van der Waals surface area contributed by atoms with Gasteiger partial charge in [0.1, 0.15) is 5.75 Å². The fraction of sp³-hybridized carbons (Fsp3) is 0.350. The van der Waals surface area contributed by atoms with Crippen molar-refractivity contribution in [2.45, 2.75) is 20.4 Å². The third-order valence-electron chi connectivity index (χ3n) is 4.03. The van der Waals surface area contributed by atoms with E-state index in [-0.39, 0.29) is 0 Å². The molecule has 2 rings (SSSR count). The lowest BCUT2D eigenvalue weighted by Crippen LogP contribution is -2.40. The van der Waals surface area contributed by atoms with Crippen molar-refractivity contribution in [3.8, 4) is 5.75 Å². The molecule has 0 spiro atoms. The molecule has 0 aliphatic heterocycles. The van der Waals surface area contributed by atoms with Crippen LogP contribution >= 0.6 is 12.2 Å². The quantitative estimate of drug-likeness (QED) is 0.707. The molecule has 4 nitrogen and oxygen atoms in total. The van der Waals surface area contributed by atoms with Gasteiger partial charge in [0.05, 0.1) is 7.11 Å². The maximum Gasteiger partial charge on any atom is 0.166 e. The van der Waals surface area contributed by atoms with Crippen LogP contribution in [0.15, 0.2) is 48.5 Å². The van der Waals surface area contributed by atoms with Gasteiger partial charge in [-0.3, -0.25) is 0 Å². The Labute approximate surface area is 156 Å². The molecule has 0 aromatic heterocycles. The van der Waals surface area contributed by atoms with Gasteiger partial charge < -0.3 is 20.3 Å². The maximum absolute atomic E-state index is 5.36. The van der Waals surface area contributed by atoms with Crippen LogP contribution in [0, 0.1) is 6.92 Å². The number of nitrogens with zero attached hydrogens (tertiary/aromatic N) is 1. The third kappa shape index (κ3) is 6.27. The van der Waals surface area contributed by atoms with Crippen LogP contribution in [0.5, 0.6) is 5.75 Å². The fourth-order valence-electron chi connectivity index (χ4n) is 2.59. The number of anilines is 1.